The van der Waals surface area contributed by atoms with Crippen molar-refractivity contribution >= 4 is 17.5 Å². The summed E-state index contributed by atoms with van der Waals surface area (Å²) in [6, 6.07) is 9.67. The smallest absolute Gasteiger partial charge is 0.385 e. The fourth-order valence-electron chi connectivity index (χ4n) is 3.44. The maximum Gasteiger partial charge on any atom is 0.417 e. The SMILES string of the molecule is O=C(c1c(C(F)F)c[c]cc1C(F)(F)F)N1CCC(O)(c2ccc(Cl)cc2)CC1. The van der Waals surface area contributed by atoms with Crippen molar-refractivity contribution in [1.82, 2.24) is 4.90 Å². The van der Waals surface area contributed by atoms with Crippen LogP contribution in [0, 0.1) is 6.07 Å². The summed E-state index contributed by atoms with van der Waals surface area (Å²) >= 11 is 5.83. The average Bonchev–Trinajstić information content (AvgIpc) is 2.67. The molecule has 1 saturated heterocycles. The molecule has 1 aliphatic rings. The van der Waals surface area contributed by atoms with Crippen LogP contribution in [0.4, 0.5) is 22.0 Å². The Bertz CT molecular complexity index is 891. The summed E-state index contributed by atoms with van der Waals surface area (Å²) in [7, 11) is 0. The van der Waals surface area contributed by atoms with Crippen LogP contribution < -0.4 is 0 Å². The number of carbonyl (C=O) groups excluding carboxylic acids is 1. The van der Waals surface area contributed by atoms with Crippen LogP contribution in [0.1, 0.15) is 46.3 Å². The molecule has 0 spiro atoms. The summed E-state index contributed by atoms with van der Waals surface area (Å²) in [5.41, 5.74) is -4.25. The third-order valence-corrected chi connectivity index (χ3v) is 5.29. The first-order valence-corrected chi connectivity index (χ1v) is 9.08. The molecule has 1 heterocycles. The standard InChI is InChI=1S/C20H16ClF5NO2/c21-13-6-4-12(5-7-13)19(29)8-10-27(11-9-19)18(28)16-14(17(22)23)2-1-3-15(16)20(24,25)26/h2-7,17,29H,8-11H2. The number of halogens is 6. The van der Waals surface area contributed by atoms with Crippen LogP contribution in [0.15, 0.2) is 36.4 Å². The van der Waals surface area contributed by atoms with Crippen molar-refractivity contribution in [3.63, 3.8) is 0 Å². The molecule has 0 unspecified atom stereocenters. The molecular formula is C20H16ClF5NO2. The Labute approximate surface area is 168 Å². The first kappa shape index (κ1) is 21.5. The zero-order valence-corrected chi connectivity index (χ0v) is 15.7. The zero-order chi connectivity index (χ0) is 21.4. The number of hydrogen-bond acceptors (Lipinski definition) is 2. The number of amides is 1. The summed E-state index contributed by atoms with van der Waals surface area (Å²) < 4.78 is 66.5. The summed E-state index contributed by atoms with van der Waals surface area (Å²) in [6.45, 7) is -0.174. The van der Waals surface area contributed by atoms with Crippen LogP contribution >= 0.6 is 11.6 Å². The van der Waals surface area contributed by atoms with Crippen molar-refractivity contribution in [1.29, 1.82) is 0 Å². The third kappa shape index (κ3) is 4.38. The fourth-order valence-corrected chi connectivity index (χ4v) is 3.56. The molecule has 1 N–H and O–H groups in total. The number of carbonyl (C=O) groups is 1. The first-order chi connectivity index (χ1) is 13.5. The van der Waals surface area contributed by atoms with E-state index in [-0.39, 0.29) is 25.9 Å². The number of nitrogens with zero attached hydrogens (tertiary/aromatic N) is 1. The summed E-state index contributed by atoms with van der Waals surface area (Å²) in [6.07, 6.45) is -8.15. The van der Waals surface area contributed by atoms with E-state index in [2.05, 4.69) is 0 Å². The maximum absolute atomic E-state index is 13.3. The molecule has 1 amide bonds. The van der Waals surface area contributed by atoms with Gasteiger partial charge in [0.15, 0.2) is 0 Å². The van der Waals surface area contributed by atoms with E-state index < -0.39 is 40.8 Å². The molecule has 0 saturated carbocycles. The van der Waals surface area contributed by atoms with Crippen molar-refractivity contribution in [2.45, 2.75) is 31.0 Å². The van der Waals surface area contributed by atoms with Gasteiger partial charge in [-0.05, 0) is 48.7 Å². The molecule has 9 heteroatoms. The minimum absolute atomic E-state index is 0.0463. The lowest BCUT2D eigenvalue weighted by Gasteiger charge is -2.39. The normalized spacial score (nSPS) is 16.9. The van der Waals surface area contributed by atoms with Gasteiger partial charge in [0, 0.05) is 23.7 Å². The second-order valence-corrected chi connectivity index (χ2v) is 7.26. The van der Waals surface area contributed by atoms with Crippen molar-refractivity contribution in [2.24, 2.45) is 0 Å². The Kier molecular flexibility index (Phi) is 5.87. The molecule has 0 atom stereocenters. The van der Waals surface area contributed by atoms with Crippen molar-refractivity contribution in [2.75, 3.05) is 13.1 Å². The Balaban J connectivity index is 1.87. The highest BCUT2D eigenvalue weighted by Crippen LogP contribution is 2.38. The quantitative estimate of drug-likeness (QED) is 0.675. The predicted octanol–water partition coefficient (Wildman–Crippen LogP) is 5.22. The molecule has 29 heavy (non-hydrogen) atoms. The fraction of sp³-hybridized carbons (Fsp3) is 0.350. The average molecular weight is 433 g/mol. The van der Waals surface area contributed by atoms with E-state index in [9.17, 15) is 31.9 Å². The molecule has 155 valence electrons. The highest BCUT2D eigenvalue weighted by molar-refractivity contribution is 6.30. The van der Waals surface area contributed by atoms with E-state index in [0.29, 0.717) is 22.7 Å². The summed E-state index contributed by atoms with van der Waals surface area (Å²) in [5.74, 6) is -1.14. The van der Waals surface area contributed by atoms with Gasteiger partial charge in [-0.2, -0.15) is 13.2 Å². The monoisotopic (exact) mass is 432 g/mol. The molecule has 3 nitrogen and oxygen atoms in total. The van der Waals surface area contributed by atoms with Gasteiger partial charge < -0.3 is 10.0 Å². The topological polar surface area (TPSA) is 40.5 Å². The molecule has 3 rings (SSSR count). The van der Waals surface area contributed by atoms with Crippen LogP contribution in [0.5, 0.6) is 0 Å². The third-order valence-electron chi connectivity index (χ3n) is 5.04. The van der Waals surface area contributed by atoms with Gasteiger partial charge in [0.25, 0.3) is 12.3 Å². The van der Waals surface area contributed by atoms with Crippen LogP contribution in [0.2, 0.25) is 5.02 Å². The van der Waals surface area contributed by atoms with Gasteiger partial charge in [0.2, 0.25) is 0 Å². The lowest BCUT2D eigenvalue weighted by atomic mass is 9.84. The Morgan fingerprint density at radius 2 is 1.72 bits per heavy atom. The first-order valence-electron chi connectivity index (χ1n) is 8.70. The molecule has 2 aromatic carbocycles. The molecule has 0 aromatic heterocycles. The van der Waals surface area contributed by atoms with E-state index in [1.165, 1.54) is 0 Å². The molecular weight excluding hydrogens is 417 g/mol. The van der Waals surface area contributed by atoms with Crippen molar-refractivity contribution in [3.8, 4) is 0 Å². The maximum atomic E-state index is 13.3. The Morgan fingerprint density at radius 3 is 2.24 bits per heavy atom. The Morgan fingerprint density at radius 1 is 1.14 bits per heavy atom. The number of likely N-dealkylation sites (tertiary alicyclic amines) is 1. The van der Waals surface area contributed by atoms with Crippen LogP contribution in [-0.4, -0.2) is 29.0 Å². The minimum atomic E-state index is -4.98. The van der Waals surface area contributed by atoms with E-state index >= 15 is 0 Å². The molecule has 0 aliphatic carbocycles. The number of rotatable bonds is 3. The van der Waals surface area contributed by atoms with Crippen molar-refractivity contribution in [3.05, 3.63) is 69.7 Å². The lowest BCUT2D eigenvalue weighted by molar-refractivity contribution is -0.138. The minimum Gasteiger partial charge on any atom is -0.385 e. The number of piperidine rings is 1. The van der Waals surface area contributed by atoms with E-state index in [1.807, 2.05) is 6.07 Å². The number of hydrogen-bond donors (Lipinski definition) is 1. The van der Waals surface area contributed by atoms with Crippen molar-refractivity contribution < 1.29 is 31.9 Å². The number of benzene rings is 2. The van der Waals surface area contributed by atoms with Gasteiger partial charge in [-0.3, -0.25) is 4.79 Å². The number of alkyl halides is 5. The largest absolute Gasteiger partial charge is 0.417 e. The predicted molar refractivity (Wildman–Crippen MR) is 95.7 cm³/mol. The second-order valence-electron chi connectivity index (χ2n) is 6.83. The zero-order valence-electron chi connectivity index (χ0n) is 14.9. The van der Waals surface area contributed by atoms with Gasteiger partial charge >= 0.3 is 6.18 Å². The van der Waals surface area contributed by atoms with Crippen LogP contribution in [0.3, 0.4) is 0 Å². The molecule has 1 radical (unpaired) electrons. The molecule has 0 bridgehead atoms. The van der Waals surface area contributed by atoms with E-state index in [1.54, 1.807) is 24.3 Å². The van der Waals surface area contributed by atoms with E-state index in [4.69, 9.17) is 11.6 Å². The molecule has 2 aromatic rings. The van der Waals surface area contributed by atoms with Gasteiger partial charge in [0.05, 0.1) is 16.7 Å². The van der Waals surface area contributed by atoms with Gasteiger partial charge in [0.1, 0.15) is 0 Å². The summed E-state index contributed by atoms with van der Waals surface area (Å²) in [4.78, 5) is 13.8. The van der Waals surface area contributed by atoms with E-state index in [0.717, 1.165) is 4.90 Å². The lowest BCUT2D eigenvalue weighted by Crippen LogP contribution is -2.45. The molecule has 1 fully saturated rings. The molecule has 1 aliphatic heterocycles. The Hall–Kier alpha value is -2.19. The van der Waals surface area contributed by atoms with Gasteiger partial charge in [-0.15, -0.1) is 0 Å². The second kappa shape index (κ2) is 7.91. The van der Waals surface area contributed by atoms with Crippen LogP contribution in [0.25, 0.3) is 0 Å². The van der Waals surface area contributed by atoms with Gasteiger partial charge in [-0.25, -0.2) is 8.78 Å². The highest BCUT2D eigenvalue weighted by atomic mass is 35.5. The number of aliphatic hydroxyl groups is 1. The summed E-state index contributed by atoms with van der Waals surface area (Å²) in [5, 5.41) is 11.3. The van der Waals surface area contributed by atoms with Gasteiger partial charge in [-0.1, -0.05) is 23.7 Å². The highest BCUT2D eigenvalue weighted by Gasteiger charge is 2.41. The van der Waals surface area contributed by atoms with Crippen LogP contribution in [-0.2, 0) is 11.8 Å².